The van der Waals surface area contributed by atoms with Gasteiger partial charge in [-0.3, -0.25) is 0 Å². The topological polar surface area (TPSA) is 44.8 Å². The lowest BCUT2D eigenvalue weighted by Crippen LogP contribution is -2.52. The van der Waals surface area contributed by atoms with Crippen LogP contribution in [0.25, 0.3) is 0 Å². The van der Waals surface area contributed by atoms with Gasteiger partial charge in [0.25, 0.3) is 0 Å². The Morgan fingerprint density at radius 1 is 1.04 bits per heavy atom. The van der Waals surface area contributed by atoms with E-state index >= 15 is 0 Å². The van der Waals surface area contributed by atoms with Crippen LogP contribution >= 0.6 is 0 Å². The van der Waals surface area contributed by atoms with Gasteiger partial charge in [0.1, 0.15) is 5.75 Å². The Labute approximate surface area is 157 Å². The molecule has 7 heteroatoms. The van der Waals surface area contributed by atoms with E-state index < -0.39 is 17.7 Å². The molecule has 1 aliphatic heterocycles. The van der Waals surface area contributed by atoms with Crippen LogP contribution in [0.5, 0.6) is 5.75 Å². The predicted octanol–water partition coefficient (Wildman–Crippen LogP) is 3.57. The highest BCUT2D eigenvalue weighted by Crippen LogP contribution is 2.21. The van der Waals surface area contributed by atoms with E-state index in [2.05, 4.69) is 10.2 Å². The van der Waals surface area contributed by atoms with Crippen LogP contribution in [-0.4, -0.2) is 44.2 Å². The number of rotatable bonds is 4. The number of benzene rings is 2. The number of carbonyl (C=O) groups is 1. The lowest BCUT2D eigenvalue weighted by molar-refractivity contribution is 0.191. The molecule has 1 unspecified atom stereocenters. The second kappa shape index (κ2) is 8.24. The van der Waals surface area contributed by atoms with E-state index in [-0.39, 0.29) is 6.03 Å². The second-order valence-corrected chi connectivity index (χ2v) is 6.52. The van der Waals surface area contributed by atoms with Gasteiger partial charge in [0.15, 0.2) is 11.6 Å². The molecule has 2 aromatic rings. The number of hydrogen-bond donors (Lipinski definition) is 1. The van der Waals surface area contributed by atoms with Gasteiger partial charge < -0.3 is 19.9 Å². The van der Waals surface area contributed by atoms with Gasteiger partial charge in [0, 0.05) is 31.9 Å². The smallest absolute Gasteiger partial charge is 0.317 e. The summed E-state index contributed by atoms with van der Waals surface area (Å²) in [5, 5.41) is 2.85. The van der Waals surface area contributed by atoms with Crippen LogP contribution in [0.1, 0.15) is 18.5 Å². The van der Waals surface area contributed by atoms with E-state index in [1.165, 1.54) is 6.07 Å². The Morgan fingerprint density at radius 2 is 1.70 bits per heavy atom. The number of piperazine rings is 1. The van der Waals surface area contributed by atoms with Gasteiger partial charge in [0.2, 0.25) is 0 Å². The molecule has 0 spiro atoms. The third kappa shape index (κ3) is 4.48. The van der Waals surface area contributed by atoms with E-state index in [0.29, 0.717) is 18.7 Å². The fourth-order valence-corrected chi connectivity index (χ4v) is 3.10. The van der Waals surface area contributed by atoms with Crippen molar-refractivity contribution in [1.29, 1.82) is 0 Å². The SMILES string of the molecule is COc1ccc(N2CCN(C(=O)NC(C)c3ccc(F)c(F)c3)CC2)cc1. The molecule has 0 aliphatic carbocycles. The first-order valence-electron chi connectivity index (χ1n) is 8.87. The molecule has 2 amide bonds. The molecule has 0 bridgehead atoms. The van der Waals surface area contributed by atoms with E-state index in [1.54, 1.807) is 18.9 Å². The van der Waals surface area contributed by atoms with Crippen LogP contribution in [-0.2, 0) is 0 Å². The fraction of sp³-hybridized carbons (Fsp3) is 0.350. The molecule has 1 saturated heterocycles. The summed E-state index contributed by atoms with van der Waals surface area (Å²) < 4.78 is 31.6. The largest absolute Gasteiger partial charge is 0.497 e. The molecule has 1 aliphatic rings. The number of nitrogens with one attached hydrogen (secondary N) is 1. The lowest BCUT2D eigenvalue weighted by atomic mass is 10.1. The summed E-state index contributed by atoms with van der Waals surface area (Å²) in [6.45, 7) is 4.36. The van der Waals surface area contributed by atoms with E-state index in [1.807, 2.05) is 24.3 Å². The summed E-state index contributed by atoms with van der Waals surface area (Å²) in [7, 11) is 1.63. The number of carbonyl (C=O) groups excluding carboxylic acids is 1. The minimum Gasteiger partial charge on any atom is -0.497 e. The highest BCUT2D eigenvalue weighted by Gasteiger charge is 2.23. The Hall–Kier alpha value is -2.83. The lowest BCUT2D eigenvalue weighted by Gasteiger charge is -2.36. The minimum atomic E-state index is -0.915. The maximum absolute atomic E-state index is 13.4. The first-order valence-corrected chi connectivity index (χ1v) is 8.87. The van der Waals surface area contributed by atoms with Crippen molar-refractivity contribution >= 4 is 11.7 Å². The number of nitrogens with zero attached hydrogens (tertiary/aromatic N) is 2. The normalized spacial score (nSPS) is 15.4. The number of urea groups is 1. The third-order valence-corrected chi connectivity index (χ3v) is 4.79. The molecule has 0 saturated carbocycles. The highest BCUT2D eigenvalue weighted by molar-refractivity contribution is 5.75. The average molecular weight is 375 g/mol. The summed E-state index contributed by atoms with van der Waals surface area (Å²) in [4.78, 5) is 16.4. The van der Waals surface area contributed by atoms with Crippen molar-refractivity contribution in [2.24, 2.45) is 0 Å². The number of methoxy groups -OCH3 is 1. The third-order valence-electron chi connectivity index (χ3n) is 4.79. The molecule has 0 aromatic heterocycles. The fourth-order valence-electron chi connectivity index (χ4n) is 3.10. The van der Waals surface area contributed by atoms with Crippen LogP contribution in [0.3, 0.4) is 0 Å². The van der Waals surface area contributed by atoms with Gasteiger partial charge in [-0.25, -0.2) is 13.6 Å². The maximum Gasteiger partial charge on any atom is 0.317 e. The van der Waals surface area contributed by atoms with Gasteiger partial charge in [-0.2, -0.15) is 0 Å². The number of amides is 2. The molecule has 1 N–H and O–H groups in total. The minimum absolute atomic E-state index is 0.207. The van der Waals surface area contributed by atoms with Gasteiger partial charge >= 0.3 is 6.03 Å². The monoisotopic (exact) mass is 375 g/mol. The molecule has 0 radical (unpaired) electrons. The number of anilines is 1. The molecular formula is C20H23F2N3O2. The van der Waals surface area contributed by atoms with E-state index in [0.717, 1.165) is 36.7 Å². The van der Waals surface area contributed by atoms with E-state index in [4.69, 9.17) is 4.74 Å². The molecule has 144 valence electrons. The molecule has 1 atom stereocenters. The Balaban J connectivity index is 1.53. The highest BCUT2D eigenvalue weighted by atomic mass is 19.2. The molecule has 1 heterocycles. The van der Waals surface area contributed by atoms with Crippen molar-refractivity contribution in [3.05, 3.63) is 59.7 Å². The van der Waals surface area contributed by atoms with Gasteiger partial charge in [-0.1, -0.05) is 6.07 Å². The van der Waals surface area contributed by atoms with Gasteiger partial charge in [0.05, 0.1) is 13.2 Å². The zero-order chi connectivity index (χ0) is 19.4. The number of ether oxygens (including phenoxy) is 1. The van der Waals surface area contributed by atoms with Crippen molar-refractivity contribution in [1.82, 2.24) is 10.2 Å². The zero-order valence-corrected chi connectivity index (χ0v) is 15.4. The maximum atomic E-state index is 13.4. The molecule has 1 fully saturated rings. The Kier molecular flexibility index (Phi) is 5.78. The van der Waals surface area contributed by atoms with Gasteiger partial charge in [-0.15, -0.1) is 0 Å². The van der Waals surface area contributed by atoms with Crippen molar-refractivity contribution in [2.45, 2.75) is 13.0 Å². The van der Waals surface area contributed by atoms with Crippen LogP contribution in [0.2, 0.25) is 0 Å². The summed E-state index contributed by atoms with van der Waals surface area (Å²) in [6.07, 6.45) is 0. The molecule has 27 heavy (non-hydrogen) atoms. The predicted molar refractivity (Wildman–Crippen MR) is 100 cm³/mol. The van der Waals surface area contributed by atoms with Crippen molar-refractivity contribution < 1.29 is 18.3 Å². The first-order chi connectivity index (χ1) is 13.0. The van der Waals surface area contributed by atoms with Crippen LogP contribution in [0.15, 0.2) is 42.5 Å². The van der Waals surface area contributed by atoms with Crippen molar-refractivity contribution in [3.63, 3.8) is 0 Å². The van der Waals surface area contributed by atoms with Crippen LogP contribution in [0, 0.1) is 11.6 Å². The Bertz CT molecular complexity index is 790. The van der Waals surface area contributed by atoms with Crippen LogP contribution < -0.4 is 15.0 Å². The summed E-state index contributed by atoms with van der Waals surface area (Å²) >= 11 is 0. The molecular weight excluding hydrogens is 352 g/mol. The average Bonchev–Trinajstić information content (AvgIpc) is 2.70. The Morgan fingerprint density at radius 3 is 2.30 bits per heavy atom. The van der Waals surface area contributed by atoms with Crippen LogP contribution in [0.4, 0.5) is 19.3 Å². The van der Waals surface area contributed by atoms with Crippen molar-refractivity contribution in [3.8, 4) is 5.75 Å². The summed E-state index contributed by atoms with van der Waals surface area (Å²) in [5.74, 6) is -1.00. The second-order valence-electron chi connectivity index (χ2n) is 6.52. The van der Waals surface area contributed by atoms with Crippen molar-refractivity contribution in [2.75, 3.05) is 38.2 Å². The first kappa shape index (κ1) is 18.9. The summed E-state index contributed by atoms with van der Waals surface area (Å²) in [5.41, 5.74) is 1.62. The molecule has 5 nitrogen and oxygen atoms in total. The number of hydrogen-bond acceptors (Lipinski definition) is 3. The van der Waals surface area contributed by atoms with Gasteiger partial charge in [-0.05, 0) is 48.9 Å². The molecule has 3 rings (SSSR count). The number of halogens is 2. The quantitative estimate of drug-likeness (QED) is 0.889. The summed E-state index contributed by atoms with van der Waals surface area (Å²) in [6, 6.07) is 10.9. The zero-order valence-electron chi connectivity index (χ0n) is 15.4. The van der Waals surface area contributed by atoms with E-state index in [9.17, 15) is 13.6 Å². The standard InChI is InChI=1S/C20H23F2N3O2/c1-14(15-3-8-18(21)19(22)13-15)23-20(26)25-11-9-24(10-12-25)16-4-6-17(27-2)7-5-16/h3-8,13-14H,9-12H2,1-2H3,(H,23,26). The molecule has 2 aromatic carbocycles.